The molecule has 0 spiro atoms. The predicted octanol–water partition coefficient (Wildman–Crippen LogP) is 6.04. The monoisotopic (exact) mass is 428 g/mol. The van der Waals surface area contributed by atoms with Crippen LogP contribution in [-0.4, -0.2) is 35.6 Å². The summed E-state index contributed by atoms with van der Waals surface area (Å²) in [5.74, 6) is 1.40. The molecule has 162 valence electrons. The largest absolute Gasteiger partial charge is 0.544 e. The van der Waals surface area contributed by atoms with Crippen LogP contribution in [0.1, 0.15) is 42.3 Å². The van der Waals surface area contributed by atoms with Gasteiger partial charge in [-0.1, -0.05) is 45.1 Å². The van der Waals surface area contributed by atoms with Gasteiger partial charge in [-0.15, -0.1) is 0 Å². The fourth-order valence-corrected chi connectivity index (χ4v) is 3.65. The lowest BCUT2D eigenvalue weighted by atomic mass is 10.0. The average Bonchev–Trinajstić information content (AvgIpc) is 2.70. The lowest BCUT2D eigenvalue weighted by Crippen LogP contribution is -2.43. The van der Waals surface area contributed by atoms with Crippen LogP contribution in [0, 0.1) is 0 Å². The van der Waals surface area contributed by atoms with Gasteiger partial charge in [0, 0.05) is 6.07 Å². The molecule has 0 amide bonds. The molecule has 2 aromatic rings. The van der Waals surface area contributed by atoms with E-state index in [2.05, 4.69) is 33.9 Å². The molecule has 0 aliphatic carbocycles. The number of benzene rings is 2. The highest BCUT2D eigenvalue weighted by Gasteiger charge is 2.38. The number of hydrogen-bond acceptors (Lipinski definition) is 5. The summed E-state index contributed by atoms with van der Waals surface area (Å²) in [6.45, 7) is 11.1. The number of esters is 1. The van der Waals surface area contributed by atoms with Crippen molar-refractivity contribution in [2.24, 2.45) is 0 Å². The molecule has 5 nitrogen and oxygen atoms in total. The van der Waals surface area contributed by atoms with Crippen molar-refractivity contribution in [3.05, 3.63) is 53.1 Å². The van der Waals surface area contributed by atoms with Crippen molar-refractivity contribution in [2.45, 2.75) is 38.9 Å². The molecule has 0 heterocycles. The van der Waals surface area contributed by atoms with Gasteiger partial charge in [0.1, 0.15) is 22.8 Å². The molecule has 0 N–H and O–H groups in total. The third kappa shape index (κ3) is 5.45. The first kappa shape index (κ1) is 23.5. The van der Waals surface area contributed by atoms with Gasteiger partial charge in [0.2, 0.25) is 8.32 Å². The van der Waals surface area contributed by atoms with Crippen molar-refractivity contribution in [3.63, 3.8) is 0 Å². The third-order valence-electron chi connectivity index (χ3n) is 5.47. The number of carbonyl (C=O) groups excluding carboxylic acids is 1. The molecule has 2 aromatic carbocycles. The Morgan fingerprint density at radius 1 is 0.900 bits per heavy atom. The first-order valence-electron chi connectivity index (χ1n) is 9.84. The molecular formula is C24H32O5Si. The zero-order valence-electron chi connectivity index (χ0n) is 19.2. The average molecular weight is 429 g/mol. The minimum Gasteiger partial charge on any atom is -0.544 e. The smallest absolute Gasteiger partial charge is 0.342 e. The Bertz CT molecular complexity index is 908. The second kappa shape index (κ2) is 9.39. The van der Waals surface area contributed by atoms with Crippen molar-refractivity contribution < 1.29 is 23.4 Å². The van der Waals surface area contributed by atoms with Gasteiger partial charge < -0.3 is 18.6 Å². The summed E-state index contributed by atoms with van der Waals surface area (Å²) < 4.78 is 22.0. The second-order valence-electron chi connectivity index (χ2n) is 8.55. The van der Waals surface area contributed by atoms with E-state index in [9.17, 15) is 4.79 Å². The van der Waals surface area contributed by atoms with Crippen LogP contribution in [-0.2, 0) is 4.74 Å². The van der Waals surface area contributed by atoms with E-state index >= 15 is 0 Å². The molecule has 0 radical (unpaired) electrons. The van der Waals surface area contributed by atoms with E-state index in [1.54, 1.807) is 19.2 Å². The fraction of sp³-hybridized carbons (Fsp3) is 0.375. The molecule has 0 saturated carbocycles. The minimum atomic E-state index is -1.88. The third-order valence-corrected chi connectivity index (χ3v) is 9.82. The summed E-state index contributed by atoms with van der Waals surface area (Å²) in [6.07, 6.45) is 3.78. The Balaban J connectivity index is 2.32. The van der Waals surface area contributed by atoms with Gasteiger partial charge in [0.05, 0.1) is 21.3 Å². The van der Waals surface area contributed by atoms with Crippen LogP contribution in [0.5, 0.6) is 17.2 Å². The van der Waals surface area contributed by atoms with Crippen molar-refractivity contribution >= 4 is 26.4 Å². The van der Waals surface area contributed by atoms with Gasteiger partial charge in [0.15, 0.2) is 0 Å². The maximum Gasteiger partial charge on any atom is 0.342 e. The van der Waals surface area contributed by atoms with Crippen molar-refractivity contribution in [3.8, 4) is 17.2 Å². The summed E-state index contributed by atoms with van der Waals surface area (Å²) in [7, 11) is 2.55. The Morgan fingerprint density at radius 3 is 2.03 bits per heavy atom. The quantitative estimate of drug-likeness (QED) is 0.305. The van der Waals surface area contributed by atoms with Crippen molar-refractivity contribution in [1.29, 1.82) is 0 Å². The van der Waals surface area contributed by atoms with E-state index in [0.717, 1.165) is 11.3 Å². The molecule has 0 saturated heterocycles. The van der Waals surface area contributed by atoms with Crippen LogP contribution in [0.4, 0.5) is 0 Å². The summed E-state index contributed by atoms with van der Waals surface area (Å²) in [4.78, 5) is 12.3. The molecule has 0 aliphatic heterocycles. The summed E-state index contributed by atoms with van der Waals surface area (Å²) in [5.41, 5.74) is 1.99. The van der Waals surface area contributed by atoms with E-state index in [4.69, 9.17) is 18.6 Å². The normalized spacial score (nSPS) is 12.0. The SMILES string of the molecule is COC(=O)c1c(C=Cc2ccc(O[Si](C)(C)C(C)(C)C)cc2)cc(OC)cc1OC. The van der Waals surface area contributed by atoms with Gasteiger partial charge in [-0.25, -0.2) is 4.79 Å². The maximum atomic E-state index is 12.3. The summed E-state index contributed by atoms with van der Waals surface area (Å²) in [5, 5.41) is 0.140. The maximum absolute atomic E-state index is 12.3. The lowest BCUT2D eigenvalue weighted by molar-refractivity contribution is 0.0597. The zero-order valence-corrected chi connectivity index (χ0v) is 20.2. The van der Waals surface area contributed by atoms with E-state index in [0.29, 0.717) is 22.6 Å². The summed E-state index contributed by atoms with van der Waals surface area (Å²) >= 11 is 0. The van der Waals surface area contributed by atoms with Crippen LogP contribution < -0.4 is 13.9 Å². The Hall–Kier alpha value is -2.73. The fourth-order valence-electron chi connectivity index (χ4n) is 2.62. The standard InChI is InChI=1S/C24H32O5Si/c1-24(2,3)30(7,8)29-19-13-10-17(11-14-19)9-12-18-15-20(26-4)16-21(27-5)22(18)23(25)28-6/h9-16H,1-8H3. The highest BCUT2D eigenvalue weighted by molar-refractivity contribution is 6.74. The van der Waals surface area contributed by atoms with Crippen molar-refractivity contribution in [1.82, 2.24) is 0 Å². The van der Waals surface area contributed by atoms with Crippen LogP contribution >= 0.6 is 0 Å². The molecule has 0 unspecified atom stereocenters. The molecule has 2 rings (SSSR count). The van der Waals surface area contributed by atoms with Gasteiger partial charge >= 0.3 is 5.97 Å². The van der Waals surface area contributed by atoms with Crippen LogP contribution in [0.15, 0.2) is 36.4 Å². The van der Waals surface area contributed by atoms with Gasteiger partial charge in [-0.2, -0.15) is 0 Å². The van der Waals surface area contributed by atoms with E-state index in [-0.39, 0.29) is 5.04 Å². The molecule has 0 bridgehead atoms. The van der Waals surface area contributed by atoms with E-state index in [1.165, 1.54) is 14.2 Å². The van der Waals surface area contributed by atoms with E-state index < -0.39 is 14.3 Å². The Kier molecular flexibility index (Phi) is 7.37. The Morgan fingerprint density at radius 2 is 1.53 bits per heavy atom. The van der Waals surface area contributed by atoms with Crippen LogP contribution in [0.2, 0.25) is 18.1 Å². The first-order chi connectivity index (χ1) is 14.0. The number of methoxy groups -OCH3 is 3. The molecule has 30 heavy (non-hydrogen) atoms. The highest BCUT2D eigenvalue weighted by atomic mass is 28.4. The van der Waals surface area contributed by atoms with Gasteiger partial charge in [-0.05, 0) is 47.5 Å². The summed E-state index contributed by atoms with van der Waals surface area (Å²) in [6, 6.07) is 11.4. The molecular weight excluding hydrogens is 396 g/mol. The topological polar surface area (TPSA) is 54.0 Å². The molecule has 0 aliphatic rings. The van der Waals surface area contributed by atoms with Crippen LogP contribution in [0.3, 0.4) is 0 Å². The molecule has 6 heteroatoms. The van der Waals surface area contributed by atoms with Crippen molar-refractivity contribution in [2.75, 3.05) is 21.3 Å². The number of rotatable bonds is 7. The molecule has 0 atom stereocenters. The van der Waals surface area contributed by atoms with Gasteiger partial charge in [0.25, 0.3) is 0 Å². The second-order valence-corrected chi connectivity index (χ2v) is 13.3. The zero-order chi connectivity index (χ0) is 22.5. The first-order valence-corrected chi connectivity index (χ1v) is 12.7. The van der Waals surface area contributed by atoms with Crippen LogP contribution in [0.25, 0.3) is 12.2 Å². The van der Waals surface area contributed by atoms with E-state index in [1.807, 2.05) is 36.4 Å². The molecule has 0 aromatic heterocycles. The highest BCUT2D eigenvalue weighted by Crippen LogP contribution is 2.37. The number of carbonyl (C=O) groups is 1. The predicted molar refractivity (Wildman–Crippen MR) is 124 cm³/mol. The molecule has 0 fully saturated rings. The number of hydrogen-bond donors (Lipinski definition) is 0. The minimum absolute atomic E-state index is 0.140. The number of ether oxygens (including phenoxy) is 3. The van der Waals surface area contributed by atoms with Gasteiger partial charge in [-0.3, -0.25) is 0 Å². The lowest BCUT2D eigenvalue weighted by Gasteiger charge is -2.36. The Labute approximate surface area is 180 Å².